The molecule has 2 aliphatic rings. The molecule has 0 atom stereocenters. The maximum absolute atomic E-state index is 2.47. The summed E-state index contributed by atoms with van der Waals surface area (Å²) < 4.78 is 0. The van der Waals surface area contributed by atoms with Gasteiger partial charge in [-0.3, -0.25) is 0 Å². The second-order valence-corrected chi connectivity index (χ2v) is 9.57. The molecule has 2 aliphatic carbocycles. The highest BCUT2D eigenvalue weighted by atomic mass is 14.4. The molecule has 0 amide bonds. The van der Waals surface area contributed by atoms with Crippen LogP contribution in [0.4, 0.5) is 0 Å². The van der Waals surface area contributed by atoms with Crippen molar-refractivity contribution < 1.29 is 0 Å². The molecule has 2 aromatic carbocycles. The number of benzene rings is 2. The predicted molar refractivity (Wildman–Crippen MR) is 117 cm³/mol. The minimum atomic E-state index is 0.787. The third kappa shape index (κ3) is 4.31. The van der Waals surface area contributed by atoms with Gasteiger partial charge in [0, 0.05) is 0 Å². The molecule has 0 radical (unpaired) electrons. The standard InChI is InChI=1S/C27H36/c1-19-4-8-22(9-5-19)23-12-14-24(15-13-23)26-16-17-27(21(3)18-26)25-10-6-20(2)7-11-25/h6-7,10-11,16-19,22-24H,4-5,8-9,12-15H2,1-3H3. The average Bonchev–Trinajstić information content (AvgIpc) is 2.69. The van der Waals surface area contributed by atoms with Crippen LogP contribution in [-0.4, -0.2) is 0 Å². The molecule has 2 saturated carbocycles. The van der Waals surface area contributed by atoms with Crippen molar-refractivity contribution in [3.05, 3.63) is 59.2 Å². The Morgan fingerprint density at radius 1 is 0.667 bits per heavy atom. The lowest BCUT2D eigenvalue weighted by molar-refractivity contribution is 0.165. The minimum Gasteiger partial charge on any atom is -0.0625 e. The van der Waals surface area contributed by atoms with Gasteiger partial charge in [0.15, 0.2) is 0 Å². The van der Waals surface area contributed by atoms with Crippen molar-refractivity contribution in [1.29, 1.82) is 0 Å². The van der Waals surface area contributed by atoms with E-state index in [2.05, 4.69) is 63.2 Å². The summed E-state index contributed by atoms with van der Waals surface area (Å²) in [6, 6.07) is 16.2. The van der Waals surface area contributed by atoms with E-state index in [0.717, 1.165) is 23.7 Å². The molecule has 27 heavy (non-hydrogen) atoms. The summed E-state index contributed by atoms with van der Waals surface area (Å²) in [6.07, 6.45) is 11.7. The van der Waals surface area contributed by atoms with Gasteiger partial charge in [0.25, 0.3) is 0 Å². The first kappa shape index (κ1) is 18.8. The Morgan fingerprint density at radius 2 is 1.26 bits per heavy atom. The van der Waals surface area contributed by atoms with Gasteiger partial charge in [-0.2, -0.15) is 0 Å². The summed E-state index contributed by atoms with van der Waals surface area (Å²) in [6.45, 7) is 6.88. The third-order valence-corrected chi connectivity index (χ3v) is 7.58. The van der Waals surface area contributed by atoms with Crippen molar-refractivity contribution in [2.45, 2.75) is 78.1 Å². The molecule has 0 heteroatoms. The zero-order valence-electron chi connectivity index (χ0n) is 17.5. The molecule has 4 rings (SSSR count). The van der Waals surface area contributed by atoms with Crippen LogP contribution < -0.4 is 0 Å². The van der Waals surface area contributed by atoms with E-state index in [9.17, 15) is 0 Å². The lowest BCUT2D eigenvalue weighted by Gasteiger charge is -2.37. The molecule has 2 aromatic rings. The molecular formula is C27H36. The average molecular weight is 361 g/mol. The molecule has 0 heterocycles. The van der Waals surface area contributed by atoms with Crippen molar-refractivity contribution in [3.63, 3.8) is 0 Å². The van der Waals surface area contributed by atoms with Gasteiger partial charge in [0.2, 0.25) is 0 Å². The van der Waals surface area contributed by atoms with Crippen molar-refractivity contribution in [3.8, 4) is 11.1 Å². The molecule has 0 bridgehead atoms. The van der Waals surface area contributed by atoms with Crippen LogP contribution in [-0.2, 0) is 0 Å². The molecule has 2 fully saturated rings. The molecule has 0 N–H and O–H groups in total. The Balaban J connectivity index is 1.40. The molecule has 0 unspecified atom stereocenters. The van der Waals surface area contributed by atoms with E-state index in [4.69, 9.17) is 0 Å². The molecule has 0 aliphatic heterocycles. The molecule has 144 valence electrons. The van der Waals surface area contributed by atoms with Crippen LogP contribution in [0.5, 0.6) is 0 Å². The van der Waals surface area contributed by atoms with E-state index in [-0.39, 0.29) is 0 Å². The zero-order valence-corrected chi connectivity index (χ0v) is 17.5. The Kier molecular flexibility index (Phi) is 5.71. The second kappa shape index (κ2) is 8.21. The lowest BCUT2D eigenvalue weighted by atomic mass is 9.68. The largest absolute Gasteiger partial charge is 0.0625 e. The Hall–Kier alpha value is -1.56. The normalized spacial score (nSPS) is 28.9. The Labute approximate surface area is 166 Å². The van der Waals surface area contributed by atoms with Gasteiger partial charge < -0.3 is 0 Å². The third-order valence-electron chi connectivity index (χ3n) is 7.58. The molecule has 0 nitrogen and oxygen atoms in total. The molecule has 0 saturated heterocycles. The van der Waals surface area contributed by atoms with Gasteiger partial charge in [0.05, 0.1) is 0 Å². The smallest absolute Gasteiger partial charge is 0.0155 e. The van der Waals surface area contributed by atoms with Crippen LogP contribution in [0.15, 0.2) is 42.5 Å². The summed E-state index contributed by atoms with van der Waals surface area (Å²) in [5.41, 5.74) is 7.08. The lowest BCUT2D eigenvalue weighted by Crippen LogP contribution is -2.24. The van der Waals surface area contributed by atoms with Crippen molar-refractivity contribution in [1.82, 2.24) is 0 Å². The predicted octanol–water partition coefficient (Wildman–Crippen LogP) is 8.07. The number of aryl methyl sites for hydroxylation is 2. The SMILES string of the molecule is Cc1ccc(-c2ccc(C3CCC(C4CCC(C)CC4)CC3)cc2C)cc1. The van der Waals surface area contributed by atoms with E-state index in [1.165, 1.54) is 73.6 Å². The van der Waals surface area contributed by atoms with E-state index < -0.39 is 0 Å². The monoisotopic (exact) mass is 360 g/mol. The highest BCUT2D eigenvalue weighted by molar-refractivity contribution is 5.67. The summed E-state index contributed by atoms with van der Waals surface area (Å²) in [5, 5.41) is 0. The summed E-state index contributed by atoms with van der Waals surface area (Å²) >= 11 is 0. The quantitative estimate of drug-likeness (QED) is 0.519. The summed E-state index contributed by atoms with van der Waals surface area (Å²) in [5.74, 6) is 3.82. The fourth-order valence-corrected chi connectivity index (χ4v) is 5.68. The fourth-order valence-electron chi connectivity index (χ4n) is 5.68. The topological polar surface area (TPSA) is 0 Å². The number of hydrogen-bond acceptors (Lipinski definition) is 0. The molecule has 0 aromatic heterocycles. The van der Waals surface area contributed by atoms with Gasteiger partial charge in [0.1, 0.15) is 0 Å². The highest BCUT2D eigenvalue weighted by Gasteiger charge is 2.30. The zero-order chi connectivity index (χ0) is 18.8. The van der Waals surface area contributed by atoms with Gasteiger partial charge in [-0.05, 0) is 98.3 Å². The maximum atomic E-state index is 2.47. The van der Waals surface area contributed by atoms with Crippen molar-refractivity contribution >= 4 is 0 Å². The van der Waals surface area contributed by atoms with Crippen molar-refractivity contribution in [2.75, 3.05) is 0 Å². The number of hydrogen-bond donors (Lipinski definition) is 0. The summed E-state index contributed by atoms with van der Waals surface area (Å²) in [7, 11) is 0. The summed E-state index contributed by atoms with van der Waals surface area (Å²) in [4.78, 5) is 0. The number of rotatable bonds is 3. The van der Waals surface area contributed by atoms with Crippen LogP contribution in [0.1, 0.15) is 80.9 Å². The van der Waals surface area contributed by atoms with E-state index in [1.807, 2.05) is 0 Å². The Morgan fingerprint density at radius 3 is 1.85 bits per heavy atom. The van der Waals surface area contributed by atoms with Gasteiger partial charge in [-0.25, -0.2) is 0 Å². The first-order valence-electron chi connectivity index (χ1n) is 11.3. The van der Waals surface area contributed by atoms with E-state index in [0.29, 0.717) is 0 Å². The van der Waals surface area contributed by atoms with Crippen molar-refractivity contribution in [2.24, 2.45) is 17.8 Å². The fraction of sp³-hybridized carbons (Fsp3) is 0.556. The first-order valence-corrected chi connectivity index (χ1v) is 11.3. The maximum Gasteiger partial charge on any atom is -0.0155 e. The van der Waals surface area contributed by atoms with Crippen LogP contribution in [0.3, 0.4) is 0 Å². The highest BCUT2D eigenvalue weighted by Crippen LogP contribution is 2.44. The Bertz CT molecular complexity index is 738. The van der Waals surface area contributed by atoms with Crippen LogP contribution in [0.2, 0.25) is 0 Å². The minimum absolute atomic E-state index is 0.787. The first-order chi connectivity index (χ1) is 13.1. The van der Waals surface area contributed by atoms with Gasteiger partial charge in [-0.15, -0.1) is 0 Å². The van der Waals surface area contributed by atoms with E-state index >= 15 is 0 Å². The second-order valence-electron chi connectivity index (χ2n) is 9.57. The van der Waals surface area contributed by atoms with Gasteiger partial charge in [-0.1, -0.05) is 67.8 Å². The molecule has 0 spiro atoms. The van der Waals surface area contributed by atoms with E-state index in [1.54, 1.807) is 5.56 Å². The van der Waals surface area contributed by atoms with Crippen LogP contribution >= 0.6 is 0 Å². The van der Waals surface area contributed by atoms with Crippen LogP contribution in [0, 0.1) is 31.6 Å². The van der Waals surface area contributed by atoms with Crippen LogP contribution in [0.25, 0.3) is 11.1 Å². The van der Waals surface area contributed by atoms with Gasteiger partial charge >= 0.3 is 0 Å². The molecular weight excluding hydrogens is 324 g/mol.